The van der Waals surface area contributed by atoms with E-state index >= 15 is 0 Å². The third-order valence-corrected chi connectivity index (χ3v) is 0.752. The summed E-state index contributed by atoms with van der Waals surface area (Å²) in [4.78, 5) is 9.00. The van der Waals surface area contributed by atoms with Gasteiger partial charge in [-0.1, -0.05) is 6.92 Å². The summed E-state index contributed by atoms with van der Waals surface area (Å²) in [6.07, 6.45) is 0. The van der Waals surface area contributed by atoms with Gasteiger partial charge in [0.1, 0.15) is 0 Å². The fraction of sp³-hybridized carbons (Fsp3) is 0.833. The second-order valence-electron chi connectivity index (χ2n) is 1.85. The molecule has 0 aliphatic rings. The van der Waals surface area contributed by atoms with Gasteiger partial charge in [-0.15, -0.1) is 0 Å². The number of carbonyl (C=O) groups is 1. The molecule has 0 fully saturated rings. The van der Waals surface area contributed by atoms with Crippen molar-refractivity contribution in [2.75, 3.05) is 19.6 Å². The molecule has 0 aromatic rings. The largest absolute Gasteiger partial charge is 1.00 e. The number of hydrogen-bond acceptors (Lipinski definition) is 4. The molecule has 0 heterocycles. The molecule has 0 aromatic heterocycles. The molecule has 0 radical (unpaired) electrons. The molecule has 0 saturated carbocycles. The first kappa shape index (κ1) is 29.9. The summed E-state index contributed by atoms with van der Waals surface area (Å²) in [5, 5.41) is 17.2. The van der Waals surface area contributed by atoms with Crippen LogP contribution in [0.5, 0.6) is 0 Å². The molecule has 0 bridgehead atoms. The molecule has 0 aliphatic carbocycles. The SMILES string of the molecule is CC(=O)O.CCN(O)CCN.[H-].[H-].[H-].[Na+].[Na+].[Na+]. The van der Waals surface area contributed by atoms with Gasteiger partial charge in [-0.2, -0.15) is 5.06 Å². The molecular formula is C6H19N2Na3O3. The van der Waals surface area contributed by atoms with Crippen LogP contribution in [0.4, 0.5) is 0 Å². The van der Waals surface area contributed by atoms with Gasteiger partial charge in [-0.25, -0.2) is 0 Å². The number of nitrogens with zero attached hydrogens (tertiary/aromatic N) is 1. The Morgan fingerprint density at radius 2 is 1.71 bits per heavy atom. The molecule has 0 aromatic carbocycles. The average molecular weight is 236 g/mol. The van der Waals surface area contributed by atoms with Crippen LogP contribution < -0.4 is 94.4 Å². The topological polar surface area (TPSA) is 86.8 Å². The van der Waals surface area contributed by atoms with Gasteiger partial charge in [0.25, 0.3) is 5.97 Å². The number of carboxylic acids is 1. The maximum absolute atomic E-state index is 9.00. The number of hydrogen-bond donors (Lipinski definition) is 3. The smallest absolute Gasteiger partial charge is 1.00 e. The van der Waals surface area contributed by atoms with Crippen LogP contribution in [0.15, 0.2) is 0 Å². The van der Waals surface area contributed by atoms with Crippen molar-refractivity contribution in [1.82, 2.24) is 5.06 Å². The van der Waals surface area contributed by atoms with Gasteiger partial charge < -0.3 is 20.3 Å². The molecule has 0 amide bonds. The standard InChI is InChI=1S/C4H12N2O.C2H4O2.3Na.3H/c1-2-6(7)4-3-5;1-2(3)4;;;;;;/h7H,2-5H2,1H3;1H3,(H,3,4);;;;;;/q;;3*+1;3*-1. The summed E-state index contributed by atoms with van der Waals surface area (Å²) in [7, 11) is 0. The summed E-state index contributed by atoms with van der Waals surface area (Å²) >= 11 is 0. The van der Waals surface area contributed by atoms with Gasteiger partial charge in [0.2, 0.25) is 0 Å². The zero-order valence-corrected chi connectivity index (χ0v) is 15.9. The Bertz CT molecular complexity index is 116. The molecule has 5 nitrogen and oxygen atoms in total. The zero-order valence-electron chi connectivity index (χ0n) is 12.9. The van der Waals surface area contributed by atoms with Gasteiger partial charge in [-0.05, 0) is 0 Å². The molecule has 0 aliphatic heterocycles. The Morgan fingerprint density at radius 1 is 1.43 bits per heavy atom. The molecular weight excluding hydrogens is 217 g/mol. The molecule has 0 spiro atoms. The number of aliphatic carboxylic acids is 1. The molecule has 8 heteroatoms. The molecule has 4 N–H and O–H groups in total. The Morgan fingerprint density at radius 3 is 1.79 bits per heavy atom. The van der Waals surface area contributed by atoms with E-state index in [9.17, 15) is 0 Å². The summed E-state index contributed by atoms with van der Waals surface area (Å²) in [5.74, 6) is -0.833. The maximum Gasteiger partial charge on any atom is 1.00 e. The van der Waals surface area contributed by atoms with Crippen LogP contribution in [0.2, 0.25) is 0 Å². The maximum atomic E-state index is 9.00. The Labute approximate surface area is 156 Å². The predicted molar refractivity (Wildman–Crippen MR) is 44.7 cm³/mol. The van der Waals surface area contributed by atoms with Crippen molar-refractivity contribution in [3.63, 3.8) is 0 Å². The summed E-state index contributed by atoms with van der Waals surface area (Å²) in [6, 6.07) is 0. The Kier molecular flexibility index (Phi) is 52.4. The zero-order chi connectivity index (χ0) is 9.28. The van der Waals surface area contributed by atoms with Crippen molar-refractivity contribution in [1.29, 1.82) is 0 Å². The third kappa shape index (κ3) is 47.3. The molecule has 0 rings (SSSR count). The monoisotopic (exact) mass is 236 g/mol. The van der Waals surface area contributed by atoms with E-state index in [4.69, 9.17) is 20.8 Å². The second kappa shape index (κ2) is 24.5. The molecule has 0 atom stereocenters. The van der Waals surface area contributed by atoms with Gasteiger partial charge >= 0.3 is 88.7 Å². The number of rotatable bonds is 3. The van der Waals surface area contributed by atoms with Crippen molar-refractivity contribution in [3.05, 3.63) is 0 Å². The number of carboxylic acid groups (broad SMARTS) is 1. The van der Waals surface area contributed by atoms with Crippen LogP contribution >= 0.6 is 0 Å². The molecule has 0 saturated heterocycles. The minimum atomic E-state index is -0.833. The summed E-state index contributed by atoms with van der Waals surface area (Å²) in [6.45, 7) is 4.69. The normalized spacial score (nSPS) is 6.93. The fourth-order valence-electron chi connectivity index (χ4n) is 0.307. The minimum absolute atomic E-state index is 0. The summed E-state index contributed by atoms with van der Waals surface area (Å²) in [5.41, 5.74) is 5.10. The predicted octanol–water partition coefficient (Wildman–Crippen LogP) is -8.90. The van der Waals surface area contributed by atoms with E-state index in [1.165, 1.54) is 5.06 Å². The first-order chi connectivity index (χ1) is 5.04. The van der Waals surface area contributed by atoms with E-state index < -0.39 is 5.97 Å². The Hall–Kier alpha value is 2.35. The third-order valence-electron chi connectivity index (χ3n) is 0.752. The van der Waals surface area contributed by atoms with Crippen molar-refractivity contribution < 1.29 is 108 Å². The van der Waals surface area contributed by atoms with Crippen molar-refractivity contribution >= 4 is 5.97 Å². The number of nitrogens with two attached hydrogens (primary N) is 1. The van der Waals surface area contributed by atoms with Crippen molar-refractivity contribution in [2.24, 2.45) is 5.73 Å². The number of hydroxylamine groups is 2. The van der Waals surface area contributed by atoms with Gasteiger partial charge in [0.05, 0.1) is 0 Å². The average Bonchev–Trinajstić information content (AvgIpc) is 1.87. The van der Waals surface area contributed by atoms with Crippen LogP contribution in [-0.2, 0) is 4.79 Å². The van der Waals surface area contributed by atoms with Crippen LogP contribution in [0, 0.1) is 0 Å². The van der Waals surface area contributed by atoms with Gasteiger partial charge in [-0.3, -0.25) is 4.79 Å². The first-order valence-electron chi connectivity index (χ1n) is 3.38. The summed E-state index contributed by atoms with van der Waals surface area (Å²) < 4.78 is 0. The van der Waals surface area contributed by atoms with Crippen LogP contribution in [0.25, 0.3) is 0 Å². The van der Waals surface area contributed by atoms with E-state index in [0.29, 0.717) is 19.6 Å². The molecule has 14 heavy (non-hydrogen) atoms. The van der Waals surface area contributed by atoms with Crippen LogP contribution in [-0.4, -0.2) is 41.0 Å². The van der Waals surface area contributed by atoms with Gasteiger partial charge in [0, 0.05) is 26.6 Å². The van der Waals surface area contributed by atoms with Gasteiger partial charge in [0.15, 0.2) is 0 Å². The van der Waals surface area contributed by atoms with Crippen LogP contribution in [0.1, 0.15) is 18.1 Å². The second-order valence-corrected chi connectivity index (χ2v) is 1.85. The quantitative estimate of drug-likeness (QED) is 0.334. The van der Waals surface area contributed by atoms with Crippen molar-refractivity contribution in [3.8, 4) is 0 Å². The van der Waals surface area contributed by atoms with E-state index in [-0.39, 0.29) is 93.0 Å². The number of likely N-dealkylation sites (N-methyl/N-ethyl adjacent to an activating group) is 1. The van der Waals surface area contributed by atoms with E-state index in [1.807, 2.05) is 6.92 Å². The van der Waals surface area contributed by atoms with Crippen molar-refractivity contribution in [2.45, 2.75) is 13.8 Å². The fourth-order valence-corrected chi connectivity index (χ4v) is 0.307. The minimum Gasteiger partial charge on any atom is -1.00 e. The Balaban J connectivity index is -0.0000000125. The molecule has 0 unspecified atom stereocenters. The van der Waals surface area contributed by atoms with Crippen LogP contribution in [0.3, 0.4) is 0 Å². The molecule has 74 valence electrons. The van der Waals surface area contributed by atoms with E-state index in [2.05, 4.69) is 0 Å². The first-order valence-corrected chi connectivity index (χ1v) is 3.38. The van der Waals surface area contributed by atoms with E-state index in [1.54, 1.807) is 0 Å². The van der Waals surface area contributed by atoms with E-state index in [0.717, 1.165) is 6.92 Å².